The van der Waals surface area contributed by atoms with Crippen LogP contribution in [-0.2, 0) is 0 Å². The molecule has 0 aliphatic rings. The normalized spacial score (nSPS) is 14.9. The molecule has 0 radical (unpaired) electrons. The van der Waals surface area contributed by atoms with Crippen LogP contribution < -0.4 is 0 Å². The minimum absolute atomic E-state index is 1.15. The molecule has 3 heteroatoms. The van der Waals surface area contributed by atoms with Crippen LogP contribution >= 0.6 is 17.8 Å². The fourth-order valence-corrected chi connectivity index (χ4v) is 19.2. The van der Waals surface area contributed by atoms with Crippen molar-refractivity contribution in [2.45, 2.75) is 72.6 Å². The second-order valence-electron chi connectivity index (χ2n) is 4.93. The molecular weight excluding hydrogens is 334 g/mol. The predicted molar refractivity (Wildman–Crippen MR) is 76.6 cm³/mol. The fraction of sp³-hybridized carbons (Fsp3) is 1.00. The minimum atomic E-state index is -3.25. The molecule has 0 atom stereocenters. The van der Waals surface area contributed by atoms with E-state index in [0.29, 0.717) is 0 Å². The molecule has 0 aliphatic carbocycles. The summed E-state index contributed by atoms with van der Waals surface area (Å²) in [5.41, 5.74) is 0. The van der Waals surface area contributed by atoms with Gasteiger partial charge in [-0.05, 0) is 0 Å². The molecule has 0 aromatic heterocycles. The van der Waals surface area contributed by atoms with Gasteiger partial charge in [-0.15, -0.1) is 0 Å². The number of unbranched alkanes of at least 4 members (excludes halogenated alkanes) is 3. The van der Waals surface area contributed by atoms with Crippen molar-refractivity contribution in [3.05, 3.63) is 0 Å². The third kappa shape index (κ3) is 7.33. The van der Waals surface area contributed by atoms with Gasteiger partial charge in [-0.3, -0.25) is 0 Å². The molecule has 0 heterocycles. The van der Waals surface area contributed by atoms with Crippen LogP contribution in [0.3, 0.4) is 0 Å². The first-order valence-electron chi connectivity index (χ1n) is 6.56. The first-order valence-corrected chi connectivity index (χ1v) is 19.8. The number of hydrogen-bond donors (Lipinski definition) is 0. The van der Waals surface area contributed by atoms with E-state index in [9.17, 15) is 0 Å². The Morgan fingerprint density at radius 3 is 1.13 bits per heavy atom. The molecule has 0 unspecified atom stereocenters. The van der Waals surface area contributed by atoms with E-state index < -0.39 is 14.7 Å². The van der Waals surface area contributed by atoms with Crippen molar-refractivity contribution in [2.24, 2.45) is 0 Å². The van der Waals surface area contributed by atoms with Gasteiger partial charge in [0.25, 0.3) is 0 Å². The van der Waals surface area contributed by atoms with Crippen molar-refractivity contribution in [1.82, 2.24) is 0 Å². The summed E-state index contributed by atoms with van der Waals surface area (Å²) in [7, 11) is 13.8. The van der Waals surface area contributed by atoms with Crippen molar-refractivity contribution >= 4 is 32.6 Å². The van der Waals surface area contributed by atoms with Crippen molar-refractivity contribution in [1.29, 1.82) is 0 Å². The summed E-state index contributed by atoms with van der Waals surface area (Å²) >= 11 is -3.25. The van der Waals surface area contributed by atoms with Gasteiger partial charge in [-0.2, -0.15) is 0 Å². The summed E-state index contributed by atoms with van der Waals surface area (Å²) in [6.45, 7) is 6.68. The Hall–Kier alpha value is 1.38. The maximum absolute atomic E-state index is 6.91. The van der Waals surface area contributed by atoms with Crippen molar-refractivity contribution in [3.8, 4) is 0 Å². The topological polar surface area (TPSA) is 0 Å². The molecule has 0 fully saturated rings. The third-order valence-electron chi connectivity index (χ3n) is 3.22. The standard InChI is InChI=1S/3C4H9.2ClH.Sn/c3*1-3-4-2;;;/h3*1,3-4H2,2H3;2*1H;/q;;;;;+1/p-2. The van der Waals surface area contributed by atoms with E-state index >= 15 is 0 Å². The van der Waals surface area contributed by atoms with Crippen LogP contribution in [0.15, 0.2) is 0 Å². The number of hydrogen-bond acceptors (Lipinski definition) is 0. The van der Waals surface area contributed by atoms with Gasteiger partial charge in [0, 0.05) is 0 Å². The van der Waals surface area contributed by atoms with E-state index in [1.807, 2.05) is 0 Å². The molecule has 0 nitrogen and oxygen atoms in total. The Morgan fingerprint density at radius 2 is 0.933 bits per heavy atom. The van der Waals surface area contributed by atoms with Crippen LogP contribution in [0.25, 0.3) is 0 Å². The van der Waals surface area contributed by atoms with Gasteiger partial charge in [-0.1, -0.05) is 0 Å². The Morgan fingerprint density at radius 1 is 0.667 bits per heavy atom. The molecule has 0 amide bonds. The summed E-state index contributed by atoms with van der Waals surface area (Å²) in [6, 6.07) is 0. The van der Waals surface area contributed by atoms with Crippen LogP contribution in [-0.4, -0.2) is 14.7 Å². The first-order chi connectivity index (χ1) is 6.96. The molecule has 0 bridgehead atoms. The van der Waals surface area contributed by atoms with E-state index in [0.717, 1.165) is 13.3 Å². The van der Waals surface area contributed by atoms with E-state index in [1.54, 1.807) is 0 Å². The van der Waals surface area contributed by atoms with Crippen LogP contribution in [0.4, 0.5) is 0 Å². The zero-order valence-electron chi connectivity index (χ0n) is 10.6. The molecule has 0 saturated carbocycles. The second kappa shape index (κ2) is 7.66. The SMILES string of the molecule is CCC[CH2][Sn-]([Cl])([Cl])([CH2]CCC)[CH2]CCC. The first kappa shape index (κ1) is 16.4. The van der Waals surface area contributed by atoms with Gasteiger partial charge in [0.2, 0.25) is 0 Å². The number of halogens is 2. The average molecular weight is 361 g/mol. The number of rotatable bonds is 9. The monoisotopic (exact) mass is 361 g/mol. The molecule has 94 valence electrons. The second-order valence-corrected chi connectivity index (χ2v) is 33.1. The van der Waals surface area contributed by atoms with Gasteiger partial charge < -0.3 is 0 Å². The van der Waals surface area contributed by atoms with Crippen molar-refractivity contribution in [3.63, 3.8) is 0 Å². The molecule has 15 heavy (non-hydrogen) atoms. The van der Waals surface area contributed by atoms with Gasteiger partial charge in [0.05, 0.1) is 0 Å². The maximum atomic E-state index is 6.91. The fourth-order valence-electron chi connectivity index (χ4n) is 2.06. The van der Waals surface area contributed by atoms with E-state index in [2.05, 4.69) is 20.8 Å². The summed E-state index contributed by atoms with van der Waals surface area (Å²) in [5.74, 6) is 0. The van der Waals surface area contributed by atoms with Gasteiger partial charge in [-0.25, -0.2) is 0 Å². The molecule has 0 N–H and O–H groups in total. The van der Waals surface area contributed by atoms with Gasteiger partial charge in [0.15, 0.2) is 0 Å². The molecule has 0 spiro atoms. The Balaban J connectivity index is 4.33. The zero-order valence-corrected chi connectivity index (χ0v) is 15.0. The van der Waals surface area contributed by atoms with Crippen LogP contribution in [0.2, 0.25) is 13.3 Å². The third-order valence-corrected chi connectivity index (χ3v) is 23.1. The van der Waals surface area contributed by atoms with Crippen LogP contribution in [0, 0.1) is 0 Å². The summed E-state index contributed by atoms with van der Waals surface area (Å²) < 4.78 is 3.46. The molecular formula is C12H27Cl2Sn-. The predicted octanol–water partition coefficient (Wildman–Crippen LogP) is 6.26. The van der Waals surface area contributed by atoms with Crippen molar-refractivity contribution < 1.29 is 0 Å². The van der Waals surface area contributed by atoms with E-state index in [4.69, 9.17) is 17.8 Å². The summed E-state index contributed by atoms with van der Waals surface area (Å²) in [4.78, 5) is 0. The Labute approximate surface area is 105 Å². The zero-order chi connectivity index (χ0) is 11.8. The van der Waals surface area contributed by atoms with Gasteiger partial charge >= 0.3 is 105 Å². The van der Waals surface area contributed by atoms with Crippen molar-refractivity contribution in [2.75, 3.05) is 0 Å². The Kier molecular flexibility index (Phi) is 8.36. The van der Waals surface area contributed by atoms with Gasteiger partial charge in [0.1, 0.15) is 0 Å². The molecule has 0 aliphatic heterocycles. The summed E-state index contributed by atoms with van der Waals surface area (Å²) in [5, 5.41) is 0. The molecule has 0 aromatic rings. The summed E-state index contributed by atoms with van der Waals surface area (Å²) in [6.07, 6.45) is 7.35. The van der Waals surface area contributed by atoms with Crippen LogP contribution in [0.1, 0.15) is 59.3 Å². The molecule has 0 rings (SSSR count). The quantitative estimate of drug-likeness (QED) is 0.425. The van der Waals surface area contributed by atoms with E-state index in [1.165, 1.54) is 38.5 Å². The molecule has 0 saturated heterocycles. The Bertz CT molecular complexity index is 140. The van der Waals surface area contributed by atoms with E-state index in [-0.39, 0.29) is 0 Å². The van der Waals surface area contributed by atoms with Crippen LogP contribution in [0.5, 0.6) is 0 Å². The average Bonchev–Trinajstić information content (AvgIpc) is 2.22. The molecule has 0 aromatic carbocycles.